The Labute approximate surface area is 114 Å². The molecule has 0 bridgehead atoms. The Bertz CT molecular complexity index is 245. The molecule has 2 amide bonds. The summed E-state index contributed by atoms with van der Waals surface area (Å²) in [6.45, 7) is 4.14. The van der Waals surface area contributed by atoms with Gasteiger partial charge in [0, 0.05) is 11.3 Å². The Morgan fingerprint density at radius 1 is 1.44 bits per heavy atom. The molecule has 1 aliphatic carbocycles. The topological polar surface area (TPSA) is 61.4 Å². The van der Waals surface area contributed by atoms with Crippen molar-refractivity contribution in [2.24, 2.45) is 0 Å². The predicted molar refractivity (Wildman–Crippen MR) is 77.0 cm³/mol. The number of nitrogens with one attached hydrogen (secondary N) is 2. The lowest BCUT2D eigenvalue weighted by Gasteiger charge is -2.29. The first-order valence-corrected chi connectivity index (χ1v) is 8.03. The van der Waals surface area contributed by atoms with Gasteiger partial charge >= 0.3 is 6.03 Å². The first-order valence-electron chi connectivity index (χ1n) is 6.99. The number of amides is 2. The van der Waals surface area contributed by atoms with Gasteiger partial charge in [0.05, 0.1) is 12.6 Å². The molecule has 1 rings (SSSR count). The second-order valence-corrected chi connectivity index (χ2v) is 6.42. The van der Waals surface area contributed by atoms with Gasteiger partial charge in [0.1, 0.15) is 0 Å². The van der Waals surface area contributed by atoms with Crippen LogP contribution in [0.5, 0.6) is 0 Å². The molecule has 0 radical (unpaired) electrons. The third-order valence-electron chi connectivity index (χ3n) is 3.41. The van der Waals surface area contributed by atoms with E-state index < -0.39 is 0 Å². The number of hydrogen-bond acceptors (Lipinski definition) is 3. The first kappa shape index (κ1) is 15.6. The van der Waals surface area contributed by atoms with Crippen LogP contribution in [0.25, 0.3) is 0 Å². The summed E-state index contributed by atoms with van der Waals surface area (Å²) in [5.41, 5.74) is 0. The van der Waals surface area contributed by atoms with Crippen molar-refractivity contribution in [3.8, 4) is 0 Å². The van der Waals surface area contributed by atoms with Gasteiger partial charge in [0.2, 0.25) is 0 Å². The molecule has 4 nitrogen and oxygen atoms in total. The minimum Gasteiger partial charge on any atom is -0.394 e. The van der Waals surface area contributed by atoms with Crippen molar-refractivity contribution < 1.29 is 9.90 Å². The van der Waals surface area contributed by atoms with E-state index in [1.165, 1.54) is 12.8 Å². The molecule has 5 heteroatoms. The third kappa shape index (κ3) is 5.48. The van der Waals surface area contributed by atoms with Crippen LogP contribution < -0.4 is 10.6 Å². The molecule has 0 aliphatic heterocycles. The van der Waals surface area contributed by atoms with E-state index in [0.717, 1.165) is 25.0 Å². The quantitative estimate of drug-likeness (QED) is 0.695. The van der Waals surface area contributed by atoms with Crippen molar-refractivity contribution in [2.45, 2.75) is 63.3 Å². The van der Waals surface area contributed by atoms with Crippen molar-refractivity contribution >= 4 is 17.8 Å². The summed E-state index contributed by atoms with van der Waals surface area (Å²) in [7, 11) is 0. The number of aliphatic hydroxyl groups excluding tert-OH is 1. The summed E-state index contributed by atoms with van der Waals surface area (Å²) < 4.78 is 0. The van der Waals surface area contributed by atoms with E-state index >= 15 is 0 Å². The smallest absolute Gasteiger partial charge is 0.315 e. The van der Waals surface area contributed by atoms with Crippen LogP contribution in [-0.2, 0) is 0 Å². The highest BCUT2D eigenvalue weighted by Gasteiger charge is 2.23. The number of aliphatic hydroxyl groups is 1. The fraction of sp³-hybridized carbons (Fsp3) is 0.923. The molecule has 106 valence electrons. The molecule has 0 aromatic carbocycles. The fourth-order valence-corrected chi connectivity index (χ4v) is 3.53. The molecule has 3 N–H and O–H groups in total. The Balaban J connectivity index is 2.30. The average molecular weight is 274 g/mol. The van der Waals surface area contributed by atoms with E-state index in [2.05, 4.69) is 17.6 Å². The second kappa shape index (κ2) is 8.64. The van der Waals surface area contributed by atoms with E-state index in [-0.39, 0.29) is 18.7 Å². The van der Waals surface area contributed by atoms with Crippen molar-refractivity contribution in [1.82, 2.24) is 10.6 Å². The van der Waals surface area contributed by atoms with Gasteiger partial charge in [-0.3, -0.25) is 0 Å². The van der Waals surface area contributed by atoms with E-state index in [9.17, 15) is 4.79 Å². The van der Waals surface area contributed by atoms with E-state index in [1.807, 2.05) is 18.7 Å². The Kier molecular flexibility index (Phi) is 7.51. The third-order valence-corrected chi connectivity index (χ3v) is 4.64. The van der Waals surface area contributed by atoms with Crippen LogP contribution >= 0.6 is 11.8 Å². The molecule has 0 saturated heterocycles. The minimum atomic E-state index is -0.136. The summed E-state index contributed by atoms with van der Waals surface area (Å²) in [5.74, 6) is 1.14. The van der Waals surface area contributed by atoms with Crippen LogP contribution in [0.1, 0.15) is 46.0 Å². The lowest BCUT2D eigenvalue weighted by atomic mass is 9.95. The summed E-state index contributed by atoms with van der Waals surface area (Å²) >= 11 is 1.99. The Hall–Kier alpha value is -0.420. The highest BCUT2D eigenvalue weighted by atomic mass is 32.2. The number of thioether (sulfide) groups is 1. The summed E-state index contributed by atoms with van der Waals surface area (Å²) in [6, 6.07) is 0.0245. The van der Waals surface area contributed by atoms with Crippen LogP contribution in [0.3, 0.4) is 0 Å². The first-order chi connectivity index (χ1) is 8.69. The van der Waals surface area contributed by atoms with Gasteiger partial charge in [-0.15, -0.1) is 0 Å². The van der Waals surface area contributed by atoms with E-state index in [0.29, 0.717) is 11.3 Å². The van der Waals surface area contributed by atoms with E-state index in [4.69, 9.17) is 5.11 Å². The molecule has 1 saturated carbocycles. The second-order valence-electron chi connectivity index (χ2n) is 4.85. The van der Waals surface area contributed by atoms with Gasteiger partial charge in [-0.05, 0) is 31.4 Å². The number of carbonyl (C=O) groups is 1. The fourth-order valence-electron chi connectivity index (χ4n) is 2.35. The number of hydrogen-bond donors (Lipinski definition) is 3. The zero-order valence-corrected chi connectivity index (χ0v) is 12.3. The van der Waals surface area contributed by atoms with Crippen molar-refractivity contribution in [3.63, 3.8) is 0 Å². The van der Waals surface area contributed by atoms with Gasteiger partial charge < -0.3 is 15.7 Å². The molecule has 0 spiro atoms. The highest BCUT2D eigenvalue weighted by Crippen LogP contribution is 2.28. The predicted octanol–water partition coefficient (Wildman–Crippen LogP) is 2.12. The summed E-state index contributed by atoms with van der Waals surface area (Å²) in [6.07, 6.45) is 5.36. The van der Waals surface area contributed by atoms with Crippen LogP contribution in [0, 0.1) is 0 Å². The molecule has 0 aromatic heterocycles. The van der Waals surface area contributed by atoms with Crippen LogP contribution in [0.4, 0.5) is 4.79 Å². The SMILES string of the molecule is CCS[C@@H]1CCC[C@@H](NC(=O)N[C@H](CC)CO)C1. The van der Waals surface area contributed by atoms with Crippen LogP contribution in [0.15, 0.2) is 0 Å². The van der Waals surface area contributed by atoms with Gasteiger partial charge in [-0.25, -0.2) is 4.79 Å². The Morgan fingerprint density at radius 3 is 2.83 bits per heavy atom. The summed E-state index contributed by atoms with van der Waals surface area (Å²) in [4.78, 5) is 11.8. The van der Waals surface area contributed by atoms with Crippen molar-refractivity contribution in [2.75, 3.05) is 12.4 Å². The number of rotatable bonds is 6. The van der Waals surface area contributed by atoms with Gasteiger partial charge in [-0.1, -0.05) is 20.3 Å². The average Bonchev–Trinajstić information content (AvgIpc) is 2.36. The maximum Gasteiger partial charge on any atom is 0.315 e. The molecule has 1 aliphatic rings. The number of carbonyl (C=O) groups excluding carboxylic acids is 1. The van der Waals surface area contributed by atoms with Crippen LogP contribution in [-0.4, -0.2) is 40.8 Å². The molecule has 18 heavy (non-hydrogen) atoms. The molecule has 3 atom stereocenters. The summed E-state index contributed by atoms with van der Waals surface area (Å²) in [5, 5.41) is 15.6. The van der Waals surface area contributed by atoms with Gasteiger partial charge in [0.15, 0.2) is 0 Å². The van der Waals surface area contributed by atoms with Crippen molar-refractivity contribution in [3.05, 3.63) is 0 Å². The van der Waals surface area contributed by atoms with Gasteiger partial charge in [0.25, 0.3) is 0 Å². The van der Waals surface area contributed by atoms with Gasteiger partial charge in [-0.2, -0.15) is 11.8 Å². The zero-order valence-electron chi connectivity index (χ0n) is 11.4. The monoisotopic (exact) mass is 274 g/mol. The molecular weight excluding hydrogens is 248 g/mol. The van der Waals surface area contributed by atoms with Crippen LogP contribution in [0.2, 0.25) is 0 Å². The molecule has 0 aromatic rings. The maximum absolute atomic E-state index is 11.8. The molecular formula is C13H26N2O2S. The number of urea groups is 1. The molecule has 0 unspecified atom stereocenters. The Morgan fingerprint density at radius 2 is 2.22 bits per heavy atom. The normalized spacial score (nSPS) is 25.5. The lowest BCUT2D eigenvalue weighted by molar-refractivity contribution is 0.209. The highest BCUT2D eigenvalue weighted by molar-refractivity contribution is 7.99. The van der Waals surface area contributed by atoms with Crippen molar-refractivity contribution in [1.29, 1.82) is 0 Å². The van der Waals surface area contributed by atoms with E-state index in [1.54, 1.807) is 0 Å². The largest absolute Gasteiger partial charge is 0.394 e. The maximum atomic E-state index is 11.8. The molecule has 1 fully saturated rings. The standard InChI is InChI=1S/C13H26N2O2S/c1-3-10(9-16)14-13(17)15-11-6-5-7-12(8-11)18-4-2/h10-12,16H,3-9H2,1-2H3,(H2,14,15,17)/t10-,11-,12-/m1/s1. The molecule has 0 heterocycles. The lowest BCUT2D eigenvalue weighted by Crippen LogP contribution is -2.48. The zero-order chi connectivity index (χ0) is 13.4. The minimum absolute atomic E-state index is 0.00288.